The van der Waals surface area contributed by atoms with Gasteiger partial charge >= 0.3 is 6.03 Å². The maximum atomic E-state index is 12.0. The highest BCUT2D eigenvalue weighted by molar-refractivity contribution is 5.92. The number of benzene rings is 1. The van der Waals surface area contributed by atoms with Gasteiger partial charge in [0.05, 0.1) is 11.7 Å². The smallest absolute Gasteiger partial charge is 0.319 e. The van der Waals surface area contributed by atoms with Gasteiger partial charge in [-0.3, -0.25) is 5.10 Å². The Morgan fingerprint density at radius 2 is 2.45 bits per heavy atom. The Kier molecular flexibility index (Phi) is 4.55. The number of urea groups is 1. The topological polar surface area (TPSA) is 99.3 Å². The van der Waals surface area contributed by atoms with Gasteiger partial charge in [-0.2, -0.15) is 5.10 Å². The van der Waals surface area contributed by atoms with Gasteiger partial charge in [0, 0.05) is 43.4 Å². The third-order valence-corrected chi connectivity index (χ3v) is 4.09. The van der Waals surface area contributed by atoms with Gasteiger partial charge in [-0.1, -0.05) is 0 Å². The van der Waals surface area contributed by atoms with Crippen molar-refractivity contribution in [2.75, 3.05) is 31.7 Å². The van der Waals surface area contributed by atoms with Crippen LogP contribution in [0.4, 0.5) is 10.5 Å². The molecule has 0 radical (unpaired) electrons. The lowest BCUT2D eigenvalue weighted by molar-refractivity contribution is 0.139. The molecule has 1 fully saturated rings. The van der Waals surface area contributed by atoms with Crippen LogP contribution in [0.2, 0.25) is 0 Å². The average molecular weight is 304 g/mol. The molecule has 0 aliphatic carbocycles. The standard InChI is InChI=1S/C15H20N4O3/c20-8-12(10-3-4-22-9-10)6-16-15(21)18-13-1-2-14-11(5-13)7-17-19-14/h1-2,5,7,10,12,20H,3-4,6,8-9H2,(H,17,19)(H2,16,18,21). The van der Waals surface area contributed by atoms with Gasteiger partial charge in [-0.25, -0.2) is 4.79 Å². The first kappa shape index (κ1) is 14.8. The van der Waals surface area contributed by atoms with Crippen molar-refractivity contribution in [3.8, 4) is 0 Å². The normalized spacial score (nSPS) is 19.2. The largest absolute Gasteiger partial charge is 0.396 e. The molecule has 118 valence electrons. The van der Waals surface area contributed by atoms with E-state index in [1.807, 2.05) is 18.2 Å². The molecule has 0 bridgehead atoms. The number of fused-ring (bicyclic) bond motifs is 1. The van der Waals surface area contributed by atoms with E-state index in [4.69, 9.17) is 4.74 Å². The highest BCUT2D eigenvalue weighted by Gasteiger charge is 2.25. The fourth-order valence-electron chi connectivity index (χ4n) is 2.72. The number of aliphatic hydroxyl groups excluding tert-OH is 1. The van der Waals surface area contributed by atoms with Gasteiger partial charge in [-0.15, -0.1) is 0 Å². The number of carbonyl (C=O) groups excluding carboxylic acids is 1. The number of aromatic amines is 1. The van der Waals surface area contributed by atoms with Crippen molar-refractivity contribution in [2.24, 2.45) is 11.8 Å². The molecule has 2 amide bonds. The van der Waals surface area contributed by atoms with Crippen molar-refractivity contribution in [3.05, 3.63) is 24.4 Å². The van der Waals surface area contributed by atoms with E-state index in [1.165, 1.54) is 0 Å². The Hall–Kier alpha value is -2.12. The zero-order chi connectivity index (χ0) is 15.4. The van der Waals surface area contributed by atoms with Crippen LogP contribution in [0.5, 0.6) is 0 Å². The van der Waals surface area contributed by atoms with Crippen molar-refractivity contribution >= 4 is 22.6 Å². The summed E-state index contributed by atoms with van der Waals surface area (Å²) in [5.74, 6) is 0.345. The molecule has 2 heterocycles. The molecule has 1 aromatic carbocycles. The van der Waals surface area contributed by atoms with Gasteiger partial charge in [0.15, 0.2) is 0 Å². The van der Waals surface area contributed by atoms with Gasteiger partial charge in [0.1, 0.15) is 0 Å². The lowest BCUT2D eigenvalue weighted by Gasteiger charge is -2.20. The molecule has 7 nitrogen and oxygen atoms in total. The van der Waals surface area contributed by atoms with E-state index >= 15 is 0 Å². The van der Waals surface area contributed by atoms with Crippen LogP contribution in [0.25, 0.3) is 10.9 Å². The maximum Gasteiger partial charge on any atom is 0.319 e. The number of hydrogen-bond acceptors (Lipinski definition) is 4. The highest BCUT2D eigenvalue weighted by Crippen LogP contribution is 2.21. The van der Waals surface area contributed by atoms with Crippen molar-refractivity contribution in [2.45, 2.75) is 6.42 Å². The number of aliphatic hydroxyl groups is 1. The molecule has 1 aromatic heterocycles. The second-order valence-corrected chi connectivity index (χ2v) is 5.57. The number of H-pyrrole nitrogens is 1. The van der Waals surface area contributed by atoms with E-state index in [9.17, 15) is 9.90 Å². The summed E-state index contributed by atoms with van der Waals surface area (Å²) in [5, 5.41) is 22.8. The molecule has 3 rings (SSSR count). The molecule has 1 aliphatic rings. The predicted octanol–water partition coefficient (Wildman–Crippen LogP) is 1.33. The SMILES string of the molecule is O=C(NCC(CO)C1CCOC1)Nc1ccc2[nH]ncc2c1. The third kappa shape index (κ3) is 3.37. The van der Waals surface area contributed by atoms with Crippen molar-refractivity contribution in [1.29, 1.82) is 0 Å². The number of rotatable bonds is 5. The molecule has 2 atom stereocenters. The summed E-state index contributed by atoms with van der Waals surface area (Å²) in [5.41, 5.74) is 1.63. The van der Waals surface area contributed by atoms with E-state index in [0.29, 0.717) is 24.8 Å². The van der Waals surface area contributed by atoms with E-state index in [1.54, 1.807) is 6.20 Å². The van der Waals surface area contributed by atoms with Crippen LogP contribution in [-0.4, -0.2) is 47.7 Å². The van der Waals surface area contributed by atoms with Crippen LogP contribution in [0, 0.1) is 11.8 Å². The van der Waals surface area contributed by atoms with Crippen LogP contribution in [0.1, 0.15) is 6.42 Å². The number of anilines is 1. The number of carbonyl (C=O) groups is 1. The number of nitrogens with one attached hydrogen (secondary N) is 3. The maximum absolute atomic E-state index is 12.0. The molecule has 2 aromatic rings. The molecule has 7 heteroatoms. The third-order valence-electron chi connectivity index (χ3n) is 4.09. The number of ether oxygens (including phenoxy) is 1. The summed E-state index contributed by atoms with van der Waals surface area (Å²) in [7, 11) is 0. The molecule has 4 N–H and O–H groups in total. The average Bonchev–Trinajstić information content (AvgIpc) is 3.18. The van der Waals surface area contributed by atoms with Crippen LogP contribution in [0.15, 0.2) is 24.4 Å². The Balaban J connectivity index is 1.52. The molecule has 0 saturated carbocycles. The quantitative estimate of drug-likeness (QED) is 0.669. The molecule has 1 saturated heterocycles. The Morgan fingerprint density at radius 3 is 3.23 bits per heavy atom. The van der Waals surface area contributed by atoms with E-state index in [2.05, 4.69) is 20.8 Å². The Morgan fingerprint density at radius 1 is 1.55 bits per heavy atom. The first-order chi connectivity index (χ1) is 10.8. The fourth-order valence-corrected chi connectivity index (χ4v) is 2.72. The van der Waals surface area contributed by atoms with Crippen molar-refractivity contribution in [1.82, 2.24) is 15.5 Å². The molecular weight excluding hydrogens is 284 g/mol. The second-order valence-electron chi connectivity index (χ2n) is 5.57. The van der Waals surface area contributed by atoms with Gasteiger partial charge in [-0.05, 0) is 30.5 Å². The molecule has 1 aliphatic heterocycles. The minimum absolute atomic E-state index is 0.0320. The Bertz CT molecular complexity index is 637. The molecule has 22 heavy (non-hydrogen) atoms. The molecule has 0 spiro atoms. The first-order valence-corrected chi connectivity index (χ1v) is 7.43. The lowest BCUT2D eigenvalue weighted by atomic mass is 9.92. The van der Waals surface area contributed by atoms with Crippen LogP contribution in [0.3, 0.4) is 0 Å². The molecular formula is C15H20N4O3. The minimum Gasteiger partial charge on any atom is -0.396 e. The minimum atomic E-state index is -0.278. The first-order valence-electron chi connectivity index (χ1n) is 7.43. The van der Waals surface area contributed by atoms with Gasteiger partial charge in [0.2, 0.25) is 0 Å². The van der Waals surface area contributed by atoms with Crippen molar-refractivity contribution in [3.63, 3.8) is 0 Å². The summed E-state index contributed by atoms with van der Waals surface area (Å²) < 4.78 is 5.33. The zero-order valence-electron chi connectivity index (χ0n) is 12.2. The molecule has 2 unspecified atom stereocenters. The number of amides is 2. The predicted molar refractivity (Wildman–Crippen MR) is 82.6 cm³/mol. The monoisotopic (exact) mass is 304 g/mol. The summed E-state index contributed by atoms with van der Waals surface area (Å²) in [4.78, 5) is 12.0. The van der Waals surface area contributed by atoms with E-state index in [0.717, 1.165) is 23.9 Å². The van der Waals surface area contributed by atoms with E-state index < -0.39 is 0 Å². The number of aromatic nitrogens is 2. The van der Waals surface area contributed by atoms with Crippen molar-refractivity contribution < 1.29 is 14.6 Å². The second kappa shape index (κ2) is 6.76. The van der Waals surface area contributed by atoms with Crippen LogP contribution >= 0.6 is 0 Å². The van der Waals surface area contributed by atoms with Gasteiger partial charge < -0.3 is 20.5 Å². The highest BCUT2D eigenvalue weighted by atomic mass is 16.5. The lowest BCUT2D eigenvalue weighted by Crippen LogP contribution is -2.37. The fraction of sp³-hybridized carbons (Fsp3) is 0.467. The van der Waals surface area contributed by atoms with Crippen LogP contribution in [-0.2, 0) is 4.74 Å². The van der Waals surface area contributed by atoms with Gasteiger partial charge in [0.25, 0.3) is 0 Å². The summed E-state index contributed by atoms with van der Waals surface area (Å²) in [6, 6.07) is 5.26. The summed E-state index contributed by atoms with van der Waals surface area (Å²) in [6.07, 6.45) is 2.64. The van der Waals surface area contributed by atoms with E-state index in [-0.39, 0.29) is 18.6 Å². The number of nitrogens with zero attached hydrogens (tertiary/aromatic N) is 1. The number of hydrogen-bond donors (Lipinski definition) is 4. The van der Waals surface area contributed by atoms with Crippen LogP contribution < -0.4 is 10.6 Å². The zero-order valence-corrected chi connectivity index (χ0v) is 12.2. The Labute approximate surface area is 128 Å². The summed E-state index contributed by atoms with van der Waals surface area (Å²) >= 11 is 0. The summed E-state index contributed by atoms with van der Waals surface area (Å²) in [6.45, 7) is 1.88.